The third kappa shape index (κ3) is 2.06. The first-order valence-electron chi connectivity index (χ1n) is 7.59. The summed E-state index contributed by atoms with van der Waals surface area (Å²) in [6.45, 7) is 0. The third-order valence-electron chi connectivity index (χ3n) is 4.56. The Morgan fingerprint density at radius 2 is 2.04 bits per heavy atom. The molecule has 23 heavy (non-hydrogen) atoms. The van der Waals surface area contributed by atoms with Gasteiger partial charge < -0.3 is 15.0 Å². The number of pyridine rings is 1. The van der Waals surface area contributed by atoms with E-state index in [0.717, 1.165) is 12.8 Å². The Balaban J connectivity index is 1.83. The molecule has 1 aromatic carbocycles. The van der Waals surface area contributed by atoms with Crippen LogP contribution in [0.25, 0.3) is 5.65 Å². The highest BCUT2D eigenvalue weighted by Gasteiger charge is 2.32. The fourth-order valence-corrected chi connectivity index (χ4v) is 3.46. The SMILES string of the molecule is CN(c1nc2ccccn2c1[N+](=O)[O-])[C@H]1CCc2ccccc21. The standard InChI is InChI=1S/C17H16N4O2/c1-19(14-10-9-12-6-2-3-7-13(12)14)16-17(21(22)23)20-11-5-4-8-15(20)18-16/h2-8,11,14H,9-10H2,1H3/t14-/m0/s1. The molecule has 4 rings (SSSR count). The Morgan fingerprint density at radius 3 is 2.87 bits per heavy atom. The second kappa shape index (κ2) is 5.08. The van der Waals surface area contributed by atoms with Crippen molar-refractivity contribution in [2.24, 2.45) is 0 Å². The van der Waals surface area contributed by atoms with E-state index in [9.17, 15) is 10.1 Å². The molecule has 1 aliphatic rings. The summed E-state index contributed by atoms with van der Waals surface area (Å²) in [5, 5.41) is 11.6. The molecule has 1 aliphatic carbocycles. The highest BCUT2D eigenvalue weighted by Crippen LogP contribution is 2.39. The van der Waals surface area contributed by atoms with Crippen LogP contribution < -0.4 is 4.90 Å². The van der Waals surface area contributed by atoms with Gasteiger partial charge in [0.05, 0.1) is 12.2 Å². The molecule has 0 bridgehead atoms. The van der Waals surface area contributed by atoms with E-state index in [-0.39, 0.29) is 16.8 Å². The van der Waals surface area contributed by atoms with Crippen LogP contribution in [0.5, 0.6) is 0 Å². The molecule has 1 atom stereocenters. The molecule has 0 unspecified atom stereocenters. The first kappa shape index (κ1) is 13.8. The van der Waals surface area contributed by atoms with E-state index in [0.29, 0.717) is 11.5 Å². The van der Waals surface area contributed by atoms with Crippen LogP contribution in [0.3, 0.4) is 0 Å². The lowest BCUT2D eigenvalue weighted by atomic mass is 10.1. The zero-order valence-electron chi connectivity index (χ0n) is 12.7. The summed E-state index contributed by atoms with van der Waals surface area (Å²) in [6.07, 6.45) is 3.62. The van der Waals surface area contributed by atoms with Crippen LogP contribution in [0.2, 0.25) is 0 Å². The maximum Gasteiger partial charge on any atom is 0.372 e. The number of aromatic nitrogens is 2. The molecule has 0 saturated heterocycles. The molecule has 6 heteroatoms. The van der Waals surface area contributed by atoms with Gasteiger partial charge in [0.15, 0.2) is 0 Å². The van der Waals surface area contributed by atoms with Crippen molar-refractivity contribution >= 4 is 17.3 Å². The Morgan fingerprint density at radius 1 is 1.26 bits per heavy atom. The molecule has 0 aliphatic heterocycles. The van der Waals surface area contributed by atoms with Gasteiger partial charge in [-0.05, 0) is 35.0 Å². The maximum absolute atomic E-state index is 11.6. The second-order valence-electron chi connectivity index (χ2n) is 5.81. The lowest BCUT2D eigenvalue weighted by Crippen LogP contribution is -2.23. The zero-order chi connectivity index (χ0) is 16.0. The number of aryl methyl sites for hydroxylation is 1. The molecular formula is C17H16N4O2. The van der Waals surface area contributed by atoms with E-state index in [1.54, 1.807) is 18.3 Å². The van der Waals surface area contributed by atoms with Crippen LogP contribution >= 0.6 is 0 Å². The highest BCUT2D eigenvalue weighted by atomic mass is 16.6. The third-order valence-corrected chi connectivity index (χ3v) is 4.56. The number of nitrogens with zero attached hydrogens (tertiary/aromatic N) is 4. The van der Waals surface area contributed by atoms with Crippen LogP contribution in [0, 0.1) is 10.1 Å². The summed E-state index contributed by atoms with van der Waals surface area (Å²) in [7, 11) is 1.89. The van der Waals surface area contributed by atoms with E-state index in [1.165, 1.54) is 15.5 Å². The average molecular weight is 308 g/mol. The van der Waals surface area contributed by atoms with Crippen molar-refractivity contribution in [3.05, 3.63) is 69.9 Å². The van der Waals surface area contributed by atoms with Gasteiger partial charge in [-0.15, -0.1) is 0 Å². The van der Waals surface area contributed by atoms with Gasteiger partial charge in [0.1, 0.15) is 0 Å². The molecule has 3 aromatic rings. The van der Waals surface area contributed by atoms with Gasteiger partial charge in [0.2, 0.25) is 11.5 Å². The first-order chi connectivity index (χ1) is 11.2. The first-order valence-corrected chi connectivity index (χ1v) is 7.59. The van der Waals surface area contributed by atoms with E-state index >= 15 is 0 Å². The highest BCUT2D eigenvalue weighted by molar-refractivity contribution is 5.64. The number of hydrogen-bond donors (Lipinski definition) is 0. The Hall–Kier alpha value is -2.89. The fourth-order valence-electron chi connectivity index (χ4n) is 3.46. The summed E-state index contributed by atoms with van der Waals surface area (Å²) in [5.74, 6) is 0.440. The normalized spacial score (nSPS) is 16.5. The van der Waals surface area contributed by atoms with Gasteiger partial charge in [-0.25, -0.2) is 0 Å². The molecule has 116 valence electrons. The number of hydrogen-bond acceptors (Lipinski definition) is 4. The van der Waals surface area contributed by atoms with Crippen molar-refractivity contribution in [1.29, 1.82) is 0 Å². The second-order valence-corrected chi connectivity index (χ2v) is 5.81. The van der Waals surface area contributed by atoms with Gasteiger partial charge >= 0.3 is 5.82 Å². The summed E-state index contributed by atoms with van der Waals surface area (Å²) in [5.41, 5.74) is 3.14. The average Bonchev–Trinajstić information content (AvgIpc) is 3.15. The van der Waals surface area contributed by atoms with Crippen molar-refractivity contribution in [3.63, 3.8) is 0 Å². The zero-order valence-corrected chi connectivity index (χ0v) is 12.7. The number of benzene rings is 1. The topological polar surface area (TPSA) is 63.7 Å². The van der Waals surface area contributed by atoms with Crippen molar-refractivity contribution in [1.82, 2.24) is 9.38 Å². The van der Waals surface area contributed by atoms with Crippen molar-refractivity contribution in [2.45, 2.75) is 18.9 Å². The smallest absolute Gasteiger partial charge is 0.358 e. The van der Waals surface area contributed by atoms with Crippen molar-refractivity contribution < 1.29 is 4.92 Å². The monoisotopic (exact) mass is 308 g/mol. The molecule has 0 fully saturated rings. The number of fused-ring (bicyclic) bond motifs is 2. The molecule has 0 N–H and O–H groups in total. The van der Waals surface area contributed by atoms with E-state index in [2.05, 4.69) is 17.1 Å². The van der Waals surface area contributed by atoms with Crippen molar-refractivity contribution in [3.8, 4) is 0 Å². The Kier molecular flexibility index (Phi) is 3.04. The van der Waals surface area contributed by atoms with Crippen molar-refractivity contribution in [2.75, 3.05) is 11.9 Å². The lowest BCUT2D eigenvalue weighted by molar-refractivity contribution is -0.389. The minimum atomic E-state index is -0.354. The number of rotatable bonds is 3. The maximum atomic E-state index is 11.6. The molecule has 0 radical (unpaired) electrons. The molecule has 2 heterocycles. The van der Waals surface area contributed by atoms with Gasteiger partial charge in [-0.1, -0.05) is 30.3 Å². The summed E-state index contributed by atoms with van der Waals surface area (Å²) >= 11 is 0. The van der Waals surface area contributed by atoms with Gasteiger partial charge in [-0.3, -0.25) is 0 Å². The van der Waals surface area contributed by atoms with E-state index < -0.39 is 0 Å². The summed E-state index contributed by atoms with van der Waals surface area (Å²) in [4.78, 5) is 17.7. The fraction of sp³-hybridized carbons (Fsp3) is 0.235. The quantitative estimate of drug-likeness (QED) is 0.550. The molecule has 6 nitrogen and oxygen atoms in total. The predicted octanol–water partition coefficient (Wildman–Crippen LogP) is 3.37. The van der Waals surface area contributed by atoms with Crippen LogP contribution in [-0.2, 0) is 6.42 Å². The number of anilines is 1. The van der Waals surface area contributed by atoms with E-state index in [1.807, 2.05) is 30.1 Å². The van der Waals surface area contributed by atoms with E-state index in [4.69, 9.17) is 0 Å². The Bertz CT molecular complexity index is 902. The van der Waals surface area contributed by atoms with Gasteiger partial charge in [-0.2, -0.15) is 9.38 Å². The number of imidazole rings is 1. The number of nitro groups is 1. The molecular weight excluding hydrogens is 292 g/mol. The minimum Gasteiger partial charge on any atom is -0.358 e. The van der Waals surface area contributed by atoms with Gasteiger partial charge in [0, 0.05) is 13.1 Å². The lowest BCUT2D eigenvalue weighted by Gasteiger charge is -2.24. The largest absolute Gasteiger partial charge is 0.372 e. The Labute approximate surface area is 133 Å². The van der Waals surface area contributed by atoms with Crippen LogP contribution in [0.15, 0.2) is 48.7 Å². The summed E-state index contributed by atoms with van der Waals surface area (Å²) in [6, 6.07) is 13.8. The van der Waals surface area contributed by atoms with Crippen LogP contribution in [0.4, 0.5) is 11.6 Å². The molecule has 2 aromatic heterocycles. The van der Waals surface area contributed by atoms with Crippen LogP contribution in [0.1, 0.15) is 23.6 Å². The molecule has 0 spiro atoms. The molecule has 0 saturated carbocycles. The van der Waals surface area contributed by atoms with Crippen LogP contribution in [-0.4, -0.2) is 21.4 Å². The van der Waals surface area contributed by atoms with Gasteiger partial charge in [0.25, 0.3) is 0 Å². The minimum absolute atomic E-state index is 0.0208. The molecule has 0 amide bonds. The summed E-state index contributed by atoms with van der Waals surface area (Å²) < 4.78 is 1.53. The predicted molar refractivity (Wildman–Crippen MR) is 87.8 cm³/mol.